The van der Waals surface area contributed by atoms with Crippen molar-refractivity contribution in [1.29, 1.82) is 0 Å². The minimum atomic E-state index is -0.246. The second-order valence-electron chi connectivity index (χ2n) is 9.01. The number of aromatic nitrogens is 1. The Balaban J connectivity index is 1.59. The largest absolute Gasteiger partial charge is 0.379 e. The lowest BCUT2D eigenvalue weighted by Crippen LogP contribution is -2.87. The van der Waals surface area contributed by atoms with Crippen molar-refractivity contribution in [1.82, 2.24) is 25.0 Å². The maximum atomic E-state index is 5.87. The van der Waals surface area contributed by atoms with Crippen LogP contribution in [0.15, 0.2) is 23.9 Å². The number of morpholine rings is 1. The molecule has 0 radical (unpaired) electrons. The van der Waals surface area contributed by atoms with Gasteiger partial charge in [0.05, 0.1) is 13.2 Å². The van der Waals surface area contributed by atoms with Gasteiger partial charge in [-0.2, -0.15) is 0 Å². The highest BCUT2D eigenvalue weighted by Crippen LogP contribution is 2.57. The number of nitrogens with zero attached hydrogens (tertiary/aromatic N) is 5. The first kappa shape index (κ1) is 22.0. The van der Waals surface area contributed by atoms with Crippen LogP contribution in [0.5, 0.6) is 0 Å². The third kappa shape index (κ3) is 3.28. The van der Waals surface area contributed by atoms with Gasteiger partial charge in [0.2, 0.25) is 0 Å². The van der Waals surface area contributed by atoms with E-state index in [0.29, 0.717) is 5.37 Å². The Bertz CT molecular complexity index is 794. The molecule has 0 aliphatic carbocycles. The molecule has 0 amide bonds. The van der Waals surface area contributed by atoms with Crippen molar-refractivity contribution in [2.24, 2.45) is 0 Å². The van der Waals surface area contributed by atoms with E-state index < -0.39 is 0 Å². The normalized spacial score (nSPS) is 37.1. The van der Waals surface area contributed by atoms with Crippen molar-refractivity contribution in [2.75, 3.05) is 75.4 Å². The lowest BCUT2D eigenvalue weighted by Gasteiger charge is -2.68. The third-order valence-electron chi connectivity index (χ3n) is 7.48. The molecule has 6 rings (SSSR count). The Hall–Kier alpha value is -0.490. The number of nitrogens with one attached hydrogen (secondary N) is 1. The molecule has 0 aromatic carbocycles. The molecule has 0 spiro atoms. The van der Waals surface area contributed by atoms with Crippen LogP contribution in [0.3, 0.4) is 0 Å². The molecule has 6 heterocycles. The van der Waals surface area contributed by atoms with Crippen LogP contribution in [-0.2, 0) is 4.74 Å². The standard InChI is InChI=1S/C22H34N6OS3/c1-2-8-25(7-1)21(19-23-5-16-30-19)22(26-9-3-4-10-26,27-11-14-29-15-12-27)32-18-13-28(21)20-24-6-17-31-20/h1,6-7,17,19,23H,2-5,8-16,18H2. The summed E-state index contributed by atoms with van der Waals surface area (Å²) < 4.78 is 5.87. The van der Waals surface area contributed by atoms with Gasteiger partial charge in [-0.15, -0.1) is 34.9 Å². The molecule has 3 unspecified atom stereocenters. The summed E-state index contributed by atoms with van der Waals surface area (Å²) in [6.45, 7) is 9.15. The smallest absolute Gasteiger partial charge is 0.187 e. The summed E-state index contributed by atoms with van der Waals surface area (Å²) in [4.78, 5) is 15.8. The minimum absolute atomic E-state index is 0.152. The molecule has 176 valence electrons. The molecule has 4 saturated heterocycles. The molecule has 1 N–H and O–H groups in total. The lowest BCUT2D eigenvalue weighted by molar-refractivity contribution is -0.120. The molecular weight excluding hydrogens is 460 g/mol. The Labute approximate surface area is 203 Å². The van der Waals surface area contributed by atoms with E-state index in [-0.39, 0.29) is 10.7 Å². The minimum Gasteiger partial charge on any atom is -0.379 e. The van der Waals surface area contributed by atoms with Crippen LogP contribution < -0.4 is 10.2 Å². The molecule has 1 aromatic rings. The van der Waals surface area contributed by atoms with Crippen LogP contribution >= 0.6 is 34.9 Å². The van der Waals surface area contributed by atoms with Gasteiger partial charge in [-0.3, -0.25) is 9.80 Å². The SMILES string of the molecule is C1=CN(C2(C3NCCS3)N(c3nccs3)CCSC2(N2CCCC2)N2CCOCC2)CC1. The highest BCUT2D eigenvalue weighted by Gasteiger charge is 2.70. The van der Waals surface area contributed by atoms with E-state index in [4.69, 9.17) is 9.72 Å². The molecule has 1 aromatic heterocycles. The highest BCUT2D eigenvalue weighted by molar-refractivity contribution is 8.01. The summed E-state index contributed by atoms with van der Waals surface area (Å²) in [7, 11) is 0. The zero-order chi connectivity index (χ0) is 21.4. The number of thiazole rings is 1. The van der Waals surface area contributed by atoms with Crippen molar-refractivity contribution in [3.05, 3.63) is 23.9 Å². The van der Waals surface area contributed by atoms with Crippen LogP contribution in [0, 0.1) is 0 Å². The van der Waals surface area contributed by atoms with Crippen molar-refractivity contribution >= 4 is 40.0 Å². The Morgan fingerprint density at radius 1 is 1.03 bits per heavy atom. The number of hydrogen-bond donors (Lipinski definition) is 1. The Morgan fingerprint density at radius 2 is 1.88 bits per heavy atom. The van der Waals surface area contributed by atoms with Gasteiger partial charge in [0.15, 0.2) is 15.8 Å². The van der Waals surface area contributed by atoms with Crippen LogP contribution in [0.4, 0.5) is 5.13 Å². The molecule has 0 bridgehead atoms. The Kier molecular flexibility index (Phi) is 6.38. The summed E-state index contributed by atoms with van der Waals surface area (Å²) in [6, 6.07) is 0. The summed E-state index contributed by atoms with van der Waals surface area (Å²) >= 11 is 6.11. The fraction of sp³-hybridized carbons (Fsp3) is 0.773. The third-order valence-corrected chi connectivity index (χ3v) is 11.1. The maximum Gasteiger partial charge on any atom is 0.187 e. The predicted molar refractivity (Wildman–Crippen MR) is 135 cm³/mol. The van der Waals surface area contributed by atoms with Crippen molar-refractivity contribution < 1.29 is 4.74 Å². The quantitative estimate of drug-likeness (QED) is 0.665. The zero-order valence-electron chi connectivity index (χ0n) is 18.7. The van der Waals surface area contributed by atoms with E-state index in [2.05, 4.69) is 66.1 Å². The fourth-order valence-corrected chi connectivity index (χ4v) is 10.3. The first-order valence-corrected chi connectivity index (χ1v) is 15.0. The summed E-state index contributed by atoms with van der Waals surface area (Å²) in [6.07, 6.45) is 10.5. The maximum absolute atomic E-state index is 5.87. The van der Waals surface area contributed by atoms with Crippen LogP contribution in [0.1, 0.15) is 19.3 Å². The number of rotatable bonds is 5. The number of ether oxygens (including phenoxy) is 1. The van der Waals surface area contributed by atoms with Crippen molar-refractivity contribution in [3.8, 4) is 0 Å². The first-order chi connectivity index (χ1) is 15.9. The number of thioether (sulfide) groups is 2. The second kappa shape index (κ2) is 9.28. The lowest BCUT2D eigenvalue weighted by atomic mass is 9.96. The van der Waals surface area contributed by atoms with Gasteiger partial charge < -0.3 is 19.9 Å². The molecule has 0 saturated carbocycles. The van der Waals surface area contributed by atoms with Gasteiger partial charge in [0.25, 0.3) is 0 Å². The summed E-state index contributed by atoms with van der Waals surface area (Å²) in [5, 5.41) is 7.59. The van der Waals surface area contributed by atoms with Crippen LogP contribution in [-0.4, -0.2) is 106 Å². The van der Waals surface area contributed by atoms with E-state index >= 15 is 0 Å². The van der Waals surface area contributed by atoms with Crippen LogP contribution in [0.2, 0.25) is 0 Å². The molecular formula is C22H34N6OS3. The Morgan fingerprint density at radius 3 is 2.56 bits per heavy atom. The van der Waals surface area contributed by atoms with E-state index in [1.165, 1.54) is 31.7 Å². The average Bonchev–Trinajstić information content (AvgIpc) is 3.67. The molecule has 5 aliphatic heterocycles. The van der Waals surface area contributed by atoms with Crippen molar-refractivity contribution in [3.63, 3.8) is 0 Å². The molecule has 7 nitrogen and oxygen atoms in total. The molecule has 32 heavy (non-hydrogen) atoms. The fourth-order valence-electron chi connectivity index (χ4n) is 6.32. The highest BCUT2D eigenvalue weighted by atomic mass is 32.2. The zero-order valence-corrected chi connectivity index (χ0v) is 21.1. The predicted octanol–water partition coefficient (Wildman–Crippen LogP) is 2.36. The molecule has 5 aliphatic rings. The van der Waals surface area contributed by atoms with Crippen molar-refractivity contribution in [2.45, 2.75) is 35.3 Å². The average molecular weight is 495 g/mol. The summed E-state index contributed by atoms with van der Waals surface area (Å²) in [5.74, 6) is 2.28. The van der Waals surface area contributed by atoms with Gasteiger partial charge >= 0.3 is 0 Å². The number of likely N-dealkylation sites (tertiary alicyclic amines) is 1. The van der Waals surface area contributed by atoms with Gasteiger partial charge in [-0.1, -0.05) is 6.08 Å². The molecule has 4 fully saturated rings. The van der Waals surface area contributed by atoms with E-state index in [9.17, 15) is 0 Å². The summed E-state index contributed by atoms with van der Waals surface area (Å²) in [5.41, 5.74) is -0.246. The van der Waals surface area contributed by atoms with E-state index in [1.54, 1.807) is 11.3 Å². The monoisotopic (exact) mass is 494 g/mol. The van der Waals surface area contributed by atoms with Gasteiger partial charge in [0, 0.05) is 68.9 Å². The molecule has 3 atom stereocenters. The number of hydrogen-bond acceptors (Lipinski definition) is 10. The van der Waals surface area contributed by atoms with Gasteiger partial charge in [0.1, 0.15) is 5.37 Å². The van der Waals surface area contributed by atoms with E-state index in [1.807, 2.05) is 6.20 Å². The number of anilines is 1. The second-order valence-corrected chi connectivity index (χ2v) is 12.4. The van der Waals surface area contributed by atoms with E-state index in [0.717, 1.165) is 63.2 Å². The molecule has 10 heteroatoms. The van der Waals surface area contributed by atoms with Crippen LogP contribution in [0.25, 0.3) is 0 Å². The van der Waals surface area contributed by atoms with Gasteiger partial charge in [-0.25, -0.2) is 4.98 Å². The first-order valence-electron chi connectivity index (χ1n) is 12.0. The topological polar surface area (TPSA) is 47.1 Å². The van der Waals surface area contributed by atoms with Gasteiger partial charge in [-0.05, 0) is 25.5 Å².